The Balaban J connectivity index is 3.03. The molecule has 0 amide bonds. The smallest absolute Gasteiger partial charge is 0.137 e. The number of ether oxygens (including phenoxy) is 1. The second kappa shape index (κ2) is 4.63. The summed E-state index contributed by atoms with van der Waals surface area (Å²) in [6.07, 6.45) is 0. The Morgan fingerprint density at radius 1 is 1.50 bits per heavy atom. The quantitative estimate of drug-likeness (QED) is 0.818. The number of hydrogen-bond acceptors (Lipinski definition) is 4. The van der Waals surface area contributed by atoms with E-state index in [9.17, 15) is 5.11 Å². The summed E-state index contributed by atoms with van der Waals surface area (Å²) in [6.45, 7) is 0.331. The molecular weight excluding hydrogens is 250 g/mol. The van der Waals surface area contributed by atoms with Gasteiger partial charge in [-0.2, -0.15) is 5.06 Å². The lowest BCUT2D eigenvalue weighted by atomic mass is 10.2. The number of nitrogens with zero attached hydrogens (tertiary/aromatic N) is 1. The van der Waals surface area contributed by atoms with E-state index in [1.165, 1.54) is 14.2 Å². The maximum Gasteiger partial charge on any atom is 0.137 e. The maximum atomic E-state index is 9.50. The van der Waals surface area contributed by atoms with Crippen molar-refractivity contribution in [2.24, 2.45) is 0 Å². The first-order chi connectivity index (χ1) is 6.54. The molecule has 0 fully saturated rings. The highest BCUT2D eigenvalue weighted by Gasteiger charge is 2.08. The lowest BCUT2D eigenvalue weighted by molar-refractivity contribution is -0.0732. The number of phenols is 1. The molecule has 4 nitrogen and oxygen atoms in total. The van der Waals surface area contributed by atoms with Gasteiger partial charge in [0.25, 0.3) is 0 Å². The second-order valence-corrected chi connectivity index (χ2v) is 3.74. The Bertz CT molecular complexity index is 328. The lowest BCUT2D eigenvalue weighted by Crippen LogP contribution is -2.11. The van der Waals surface area contributed by atoms with Crippen molar-refractivity contribution < 1.29 is 15.1 Å². The molecule has 0 aliphatic carbocycles. The van der Waals surface area contributed by atoms with Gasteiger partial charge in [-0.1, -0.05) is 0 Å². The number of halogens is 1. The van der Waals surface area contributed by atoms with Crippen LogP contribution in [0.2, 0.25) is 0 Å². The second-order valence-electron chi connectivity index (χ2n) is 2.95. The van der Waals surface area contributed by atoms with Gasteiger partial charge in [-0.05, 0) is 33.6 Å². The van der Waals surface area contributed by atoms with Crippen LogP contribution in [0.4, 0.5) is 0 Å². The van der Waals surface area contributed by atoms with E-state index in [1.54, 1.807) is 12.1 Å². The minimum absolute atomic E-state index is 0.0983. The molecule has 1 aromatic rings. The number of phenolic OH excluding ortho intramolecular Hbond substituents is 1. The highest BCUT2D eigenvalue weighted by molar-refractivity contribution is 9.10. The molecular formula is C9H12BrNO3. The highest BCUT2D eigenvalue weighted by Crippen LogP contribution is 2.34. The van der Waals surface area contributed by atoms with Crippen molar-refractivity contribution in [1.82, 2.24) is 5.06 Å². The van der Waals surface area contributed by atoms with Crippen molar-refractivity contribution in [3.05, 3.63) is 22.2 Å². The topological polar surface area (TPSA) is 52.9 Å². The van der Waals surface area contributed by atoms with Gasteiger partial charge in [-0.25, -0.2) is 0 Å². The van der Waals surface area contributed by atoms with Crippen LogP contribution in [0.5, 0.6) is 11.5 Å². The summed E-state index contributed by atoms with van der Waals surface area (Å²) >= 11 is 3.19. The fourth-order valence-corrected chi connectivity index (χ4v) is 1.53. The normalized spacial score (nSPS) is 10.6. The Labute approximate surface area is 90.8 Å². The summed E-state index contributed by atoms with van der Waals surface area (Å²) in [5.41, 5.74) is 0.771. The molecule has 0 aliphatic rings. The Morgan fingerprint density at radius 2 is 2.14 bits per heavy atom. The largest absolute Gasteiger partial charge is 0.507 e. The van der Waals surface area contributed by atoms with Gasteiger partial charge in [-0.3, -0.25) is 0 Å². The third-order valence-corrected chi connectivity index (χ3v) is 2.51. The third kappa shape index (κ3) is 2.60. The van der Waals surface area contributed by atoms with E-state index in [0.29, 0.717) is 16.8 Å². The van der Waals surface area contributed by atoms with Gasteiger partial charge in [0.2, 0.25) is 0 Å². The molecule has 0 aliphatic heterocycles. The average Bonchev–Trinajstić information content (AvgIpc) is 2.10. The van der Waals surface area contributed by atoms with Gasteiger partial charge in [0.1, 0.15) is 16.0 Å². The van der Waals surface area contributed by atoms with Gasteiger partial charge in [-0.15, -0.1) is 0 Å². The van der Waals surface area contributed by atoms with Gasteiger partial charge in [0, 0.05) is 13.6 Å². The van der Waals surface area contributed by atoms with E-state index in [4.69, 9.17) is 9.94 Å². The van der Waals surface area contributed by atoms with E-state index in [-0.39, 0.29) is 5.75 Å². The van der Waals surface area contributed by atoms with Gasteiger partial charge >= 0.3 is 0 Å². The van der Waals surface area contributed by atoms with E-state index in [1.807, 2.05) is 0 Å². The zero-order valence-corrected chi connectivity index (χ0v) is 9.58. The molecule has 1 aromatic carbocycles. The summed E-state index contributed by atoms with van der Waals surface area (Å²) < 4.78 is 5.56. The molecule has 0 saturated carbocycles. The number of hydroxylamine groups is 2. The predicted molar refractivity (Wildman–Crippen MR) is 55.6 cm³/mol. The van der Waals surface area contributed by atoms with Crippen LogP contribution in [0.15, 0.2) is 16.6 Å². The zero-order chi connectivity index (χ0) is 10.7. The summed E-state index contributed by atoms with van der Waals surface area (Å²) in [5, 5.41) is 19.6. The third-order valence-electron chi connectivity index (χ3n) is 1.71. The first-order valence-electron chi connectivity index (χ1n) is 4.00. The minimum atomic E-state index is 0.0983. The molecule has 2 N–H and O–H groups in total. The molecule has 5 heteroatoms. The van der Waals surface area contributed by atoms with Crippen LogP contribution in [0, 0.1) is 0 Å². The van der Waals surface area contributed by atoms with Crippen molar-refractivity contribution >= 4 is 15.9 Å². The Hall–Kier alpha value is -0.780. The first kappa shape index (κ1) is 11.3. The number of hydrogen-bond donors (Lipinski definition) is 2. The number of rotatable bonds is 3. The summed E-state index contributed by atoms with van der Waals surface area (Å²) in [4.78, 5) is 0. The van der Waals surface area contributed by atoms with Crippen LogP contribution in [-0.4, -0.2) is 29.5 Å². The monoisotopic (exact) mass is 261 g/mol. The Morgan fingerprint density at radius 3 is 2.64 bits per heavy atom. The van der Waals surface area contributed by atoms with E-state index in [2.05, 4.69) is 15.9 Å². The summed E-state index contributed by atoms with van der Waals surface area (Å²) in [6, 6.07) is 3.32. The molecule has 0 bridgehead atoms. The van der Waals surface area contributed by atoms with Crippen LogP contribution in [0.1, 0.15) is 5.56 Å². The van der Waals surface area contributed by atoms with E-state index in [0.717, 1.165) is 10.6 Å². The fraction of sp³-hybridized carbons (Fsp3) is 0.333. The lowest BCUT2D eigenvalue weighted by Gasteiger charge is -2.11. The molecule has 0 atom stereocenters. The minimum Gasteiger partial charge on any atom is -0.507 e. The Kier molecular flexibility index (Phi) is 3.74. The number of benzene rings is 1. The summed E-state index contributed by atoms with van der Waals surface area (Å²) in [7, 11) is 3.05. The van der Waals surface area contributed by atoms with Crippen molar-refractivity contribution in [1.29, 1.82) is 0 Å². The molecule has 0 spiro atoms. The maximum absolute atomic E-state index is 9.50. The van der Waals surface area contributed by atoms with Crippen molar-refractivity contribution in [3.8, 4) is 11.5 Å². The molecule has 1 rings (SSSR count). The molecule has 78 valence electrons. The van der Waals surface area contributed by atoms with E-state index >= 15 is 0 Å². The molecule has 14 heavy (non-hydrogen) atoms. The average molecular weight is 262 g/mol. The van der Waals surface area contributed by atoms with Crippen LogP contribution < -0.4 is 4.74 Å². The molecule has 0 aromatic heterocycles. The first-order valence-corrected chi connectivity index (χ1v) is 4.79. The van der Waals surface area contributed by atoms with Crippen LogP contribution >= 0.6 is 15.9 Å². The molecule has 0 heterocycles. The number of methoxy groups -OCH3 is 1. The standard InChI is InChI=1S/C9H12BrNO3/c1-11(13)5-6-3-7(12)9(10)8(4-6)14-2/h3-4,12-13H,5H2,1-2H3. The van der Waals surface area contributed by atoms with Gasteiger partial charge < -0.3 is 15.1 Å². The molecule has 0 saturated heterocycles. The SMILES string of the molecule is COc1cc(CN(C)O)cc(O)c1Br. The zero-order valence-electron chi connectivity index (χ0n) is 7.99. The predicted octanol–water partition coefficient (Wildman–Crippen LogP) is 1.98. The fourth-order valence-electron chi connectivity index (χ4n) is 1.14. The van der Waals surface area contributed by atoms with Crippen LogP contribution in [0.3, 0.4) is 0 Å². The molecule has 0 unspecified atom stereocenters. The summed E-state index contributed by atoms with van der Waals surface area (Å²) in [5.74, 6) is 0.642. The van der Waals surface area contributed by atoms with E-state index < -0.39 is 0 Å². The van der Waals surface area contributed by atoms with Gasteiger partial charge in [0.15, 0.2) is 0 Å². The highest BCUT2D eigenvalue weighted by atomic mass is 79.9. The van der Waals surface area contributed by atoms with Crippen molar-refractivity contribution in [2.75, 3.05) is 14.2 Å². The number of aromatic hydroxyl groups is 1. The molecule has 0 radical (unpaired) electrons. The van der Waals surface area contributed by atoms with Crippen LogP contribution in [0.25, 0.3) is 0 Å². The van der Waals surface area contributed by atoms with Crippen LogP contribution in [-0.2, 0) is 6.54 Å². The van der Waals surface area contributed by atoms with Crippen molar-refractivity contribution in [3.63, 3.8) is 0 Å². The van der Waals surface area contributed by atoms with Crippen molar-refractivity contribution in [2.45, 2.75) is 6.54 Å². The van der Waals surface area contributed by atoms with Gasteiger partial charge in [0.05, 0.1) is 7.11 Å².